The fraction of sp³-hybridized carbons (Fsp3) is 0.417. The van der Waals surface area contributed by atoms with Gasteiger partial charge in [0, 0.05) is 38.3 Å². The van der Waals surface area contributed by atoms with Gasteiger partial charge in [-0.1, -0.05) is 30.3 Å². The first-order valence-corrected chi connectivity index (χ1v) is 11.9. The number of benzene rings is 1. The van der Waals surface area contributed by atoms with Crippen LogP contribution in [0, 0.1) is 0 Å². The number of carbonyl (C=O) groups excluding carboxylic acids is 6. The Morgan fingerprint density at radius 1 is 1.00 bits per heavy atom. The minimum Gasteiger partial charge on any atom is -0.458 e. The highest BCUT2D eigenvalue weighted by Gasteiger charge is 2.25. The Kier molecular flexibility index (Phi) is 11.7. The van der Waals surface area contributed by atoms with Crippen molar-refractivity contribution in [2.24, 2.45) is 5.73 Å². The molecule has 1 aliphatic heterocycles. The zero-order chi connectivity index (χ0) is 28.1. The average molecular weight is 532 g/mol. The molecule has 1 fully saturated rings. The molecule has 2 rings (SSSR count). The van der Waals surface area contributed by atoms with E-state index in [9.17, 15) is 28.8 Å². The zero-order valence-corrected chi connectivity index (χ0v) is 21.3. The van der Waals surface area contributed by atoms with Crippen LogP contribution >= 0.6 is 0 Å². The van der Waals surface area contributed by atoms with Crippen LogP contribution in [0.15, 0.2) is 42.5 Å². The fourth-order valence-corrected chi connectivity index (χ4v) is 3.18. The van der Waals surface area contributed by atoms with E-state index >= 15 is 0 Å². The Morgan fingerprint density at radius 3 is 2.26 bits per heavy atom. The van der Waals surface area contributed by atoms with Crippen molar-refractivity contribution in [2.75, 3.05) is 32.7 Å². The summed E-state index contributed by atoms with van der Waals surface area (Å²) in [5.41, 5.74) is 8.10. The van der Waals surface area contributed by atoms with Crippen molar-refractivity contribution < 1.29 is 33.5 Å². The molecule has 0 aliphatic carbocycles. The summed E-state index contributed by atoms with van der Waals surface area (Å²) in [4.78, 5) is 74.7. The van der Waals surface area contributed by atoms with Gasteiger partial charge in [-0.3, -0.25) is 24.6 Å². The number of nitrogens with two attached hydrogens (primary N) is 1. The Morgan fingerprint density at radius 2 is 1.63 bits per heavy atom. The average Bonchev–Trinajstić information content (AvgIpc) is 2.90. The van der Waals surface area contributed by atoms with Crippen LogP contribution in [-0.2, 0) is 35.3 Å². The summed E-state index contributed by atoms with van der Waals surface area (Å²) in [6.45, 7) is 4.42. The van der Waals surface area contributed by atoms with Crippen LogP contribution in [0.4, 0.5) is 4.79 Å². The van der Waals surface area contributed by atoms with E-state index in [1.807, 2.05) is 6.07 Å². The minimum absolute atomic E-state index is 0.00866. The van der Waals surface area contributed by atoms with Crippen molar-refractivity contribution in [2.45, 2.75) is 32.5 Å². The molecule has 0 unspecified atom stereocenters. The van der Waals surface area contributed by atoms with Gasteiger partial charge in [-0.15, -0.1) is 0 Å². The van der Waals surface area contributed by atoms with Gasteiger partial charge in [-0.25, -0.2) is 14.6 Å². The lowest BCUT2D eigenvalue weighted by Crippen LogP contribution is -2.58. The molecular formula is C24H33N7O7. The normalized spacial score (nSPS) is 14.6. The molecule has 2 atom stereocenters. The van der Waals surface area contributed by atoms with E-state index in [2.05, 4.69) is 21.4 Å². The van der Waals surface area contributed by atoms with Crippen LogP contribution in [0.5, 0.6) is 0 Å². The molecule has 14 nitrogen and oxygen atoms in total. The number of nitrogens with one attached hydrogen (secondary N) is 4. The molecule has 206 valence electrons. The highest BCUT2D eigenvalue weighted by atomic mass is 16.5. The van der Waals surface area contributed by atoms with Gasteiger partial charge in [-0.05, 0) is 19.4 Å². The van der Waals surface area contributed by atoms with Gasteiger partial charge in [0.25, 0.3) is 11.8 Å². The molecule has 0 spiro atoms. The number of primary amides is 1. The van der Waals surface area contributed by atoms with Crippen molar-refractivity contribution >= 4 is 35.6 Å². The van der Waals surface area contributed by atoms with Crippen molar-refractivity contribution in [1.29, 1.82) is 0 Å². The van der Waals surface area contributed by atoms with E-state index in [0.717, 1.165) is 17.7 Å². The zero-order valence-electron chi connectivity index (χ0n) is 21.3. The van der Waals surface area contributed by atoms with Gasteiger partial charge >= 0.3 is 12.0 Å². The predicted octanol–water partition coefficient (Wildman–Crippen LogP) is -1.86. The fourth-order valence-electron chi connectivity index (χ4n) is 3.18. The highest BCUT2D eigenvalue weighted by Crippen LogP contribution is 2.01. The maximum atomic E-state index is 12.6. The van der Waals surface area contributed by atoms with Gasteiger partial charge in [0.1, 0.15) is 25.2 Å². The summed E-state index contributed by atoms with van der Waals surface area (Å²) in [6, 6.07) is 6.38. The quantitative estimate of drug-likeness (QED) is 0.132. The molecule has 6 N–H and O–H groups in total. The lowest BCUT2D eigenvalue weighted by molar-refractivity contribution is -0.142. The molecule has 1 aromatic rings. The summed E-state index contributed by atoms with van der Waals surface area (Å²) in [7, 11) is 0. The predicted molar refractivity (Wildman–Crippen MR) is 134 cm³/mol. The smallest absolute Gasteiger partial charge is 0.331 e. The highest BCUT2D eigenvalue weighted by molar-refractivity contribution is 5.98. The first-order valence-electron chi connectivity index (χ1n) is 11.9. The monoisotopic (exact) mass is 531 g/mol. The van der Waals surface area contributed by atoms with E-state index in [1.165, 1.54) is 13.8 Å². The molecule has 0 bridgehead atoms. The lowest BCUT2D eigenvalue weighted by Gasteiger charge is -2.29. The van der Waals surface area contributed by atoms with E-state index in [0.29, 0.717) is 31.2 Å². The molecule has 1 saturated heterocycles. The van der Waals surface area contributed by atoms with Crippen molar-refractivity contribution in [1.82, 2.24) is 31.3 Å². The van der Waals surface area contributed by atoms with Crippen LogP contribution in [0.25, 0.3) is 0 Å². The topological polar surface area (TPSA) is 192 Å². The number of rotatable bonds is 10. The number of piperazine rings is 1. The van der Waals surface area contributed by atoms with Crippen LogP contribution in [-0.4, -0.2) is 90.3 Å². The number of hydrogen-bond acceptors (Lipinski definition) is 8. The summed E-state index contributed by atoms with van der Waals surface area (Å²) in [5, 5.41) is 8.70. The van der Waals surface area contributed by atoms with Crippen LogP contribution in [0.3, 0.4) is 0 Å². The second-order valence-corrected chi connectivity index (χ2v) is 8.43. The minimum atomic E-state index is -1.15. The number of hydrogen-bond donors (Lipinski definition) is 5. The Hall–Kier alpha value is -4.46. The molecule has 6 amide bonds. The number of esters is 1. The number of urea groups is 1. The van der Waals surface area contributed by atoms with Gasteiger partial charge in [-0.2, -0.15) is 0 Å². The van der Waals surface area contributed by atoms with Crippen LogP contribution in [0.1, 0.15) is 19.4 Å². The van der Waals surface area contributed by atoms with E-state index < -0.39 is 54.3 Å². The second-order valence-electron chi connectivity index (χ2n) is 8.43. The first kappa shape index (κ1) is 29.8. The van der Waals surface area contributed by atoms with Gasteiger partial charge in [0.05, 0.1) is 0 Å². The summed E-state index contributed by atoms with van der Waals surface area (Å²) >= 11 is 0. The maximum Gasteiger partial charge on any atom is 0.331 e. The van der Waals surface area contributed by atoms with Crippen molar-refractivity contribution in [3.63, 3.8) is 0 Å². The molecule has 0 saturated carbocycles. The molecule has 1 aromatic carbocycles. The molecule has 38 heavy (non-hydrogen) atoms. The van der Waals surface area contributed by atoms with Crippen LogP contribution in [0.2, 0.25) is 0 Å². The van der Waals surface area contributed by atoms with Gasteiger partial charge in [0.2, 0.25) is 11.8 Å². The van der Waals surface area contributed by atoms with E-state index in [-0.39, 0.29) is 6.61 Å². The number of ether oxygens (including phenoxy) is 1. The van der Waals surface area contributed by atoms with E-state index in [4.69, 9.17) is 10.5 Å². The van der Waals surface area contributed by atoms with E-state index in [1.54, 1.807) is 29.2 Å². The van der Waals surface area contributed by atoms with Gasteiger partial charge < -0.3 is 31.3 Å². The molecule has 1 heterocycles. The molecule has 14 heteroatoms. The molecule has 1 aliphatic rings. The number of amides is 6. The summed E-state index contributed by atoms with van der Waals surface area (Å²) in [6.07, 6.45) is 1.66. The molecule has 0 aromatic heterocycles. The second kappa shape index (κ2) is 14.9. The number of carbonyl (C=O) groups is 6. The summed E-state index contributed by atoms with van der Waals surface area (Å²) in [5.74, 6) is -4.15. The van der Waals surface area contributed by atoms with Crippen molar-refractivity contribution in [3.05, 3.63) is 48.0 Å². The lowest BCUT2D eigenvalue weighted by atomic mass is 10.2. The SMILES string of the molecule is C[C@H](NC(=O)[C@@H](C)NC(=O)N1CCNCC1)C(=O)NN(CC(N)=O)C(=O)/C=C/C(=O)OCc1ccccc1. The maximum absolute atomic E-state index is 12.6. The standard InChI is InChI=1S/C24H33N7O7/c1-16(28-24(37)30-12-10-26-11-13-30)22(35)27-17(2)23(36)29-31(14-19(25)32)20(33)8-9-21(34)38-15-18-6-4-3-5-7-18/h3-9,16-17,26H,10-15H2,1-2H3,(H2,25,32)(H,27,35)(H,28,37)(H,29,36)/b9-8+/t16-,17+/m1/s1. The van der Waals surface area contributed by atoms with Crippen molar-refractivity contribution in [3.8, 4) is 0 Å². The Balaban J connectivity index is 1.87. The third-order valence-electron chi connectivity index (χ3n) is 5.30. The first-order chi connectivity index (χ1) is 18.1. The van der Waals surface area contributed by atoms with Crippen LogP contribution < -0.4 is 27.1 Å². The summed E-state index contributed by atoms with van der Waals surface area (Å²) < 4.78 is 5.03. The number of hydrazine groups is 1. The third kappa shape index (κ3) is 10.3. The number of nitrogens with zero attached hydrogens (tertiary/aromatic N) is 2. The third-order valence-corrected chi connectivity index (χ3v) is 5.30. The largest absolute Gasteiger partial charge is 0.458 e. The Bertz CT molecular complexity index is 1040. The molecular weight excluding hydrogens is 498 g/mol. The Labute approximate surface area is 219 Å². The van der Waals surface area contributed by atoms with Gasteiger partial charge in [0.15, 0.2) is 0 Å². The molecule has 0 radical (unpaired) electrons.